The topological polar surface area (TPSA) is 47.3 Å². The van der Waals surface area contributed by atoms with E-state index in [0.29, 0.717) is 6.54 Å². The molecule has 0 saturated carbocycles. The standard InChI is InChI=1S/C14H24N2O2/c1-10-15-11-7-5-6-8-12(11)16(10)9-13(17)14(2,3)18-4/h13,17H,5-9H2,1-4H3. The van der Waals surface area contributed by atoms with Crippen molar-refractivity contribution in [1.29, 1.82) is 0 Å². The largest absolute Gasteiger partial charge is 0.388 e. The summed E-state index contributed by atoms with van der Waals surface area (Å²) in [5.41, 5.74) is 2.00. The van der Waals surface area contributed by atoms with E-state index in [1.54, 1.807) is 7.11 Å². The van der Waals surface area contributed by atoms with Gasteiger partial charge in [0.2, 0.25) is 0 Å². The van der Waals surface area contributed by atoms with Crippen LogP contribution in [0.2, 0.25) is 0 Å². The summed E-state index contributed by atoms with van der Waals surface area (Å²) < 4.78 is 7.52. The van der Waals surface area contributed by atoms with Gasteiger partial charge in [-0.25, -0.2) is 4.98 Å². The molecule has 0 fully saturated rings. The van der Waals surface area contributed by atoms with Gasteiger partial charge in [0.05, 0.1) is 17.8 Å². The van der Waals surface area contributed by atoms with Crippen molar-refractivity contribution in [1.82, 2.24) is 9.55 Å². The van der Waals surface area contributed by atoms with E-state index < -0.39 is 11.7 Å². The second kappa shape index (κ2) is 5.02. The van der Waals surface area contributed by atoms with Gasteiger partial charge in [-0.3, -0.25) is 0 Å². The number of methoxy groups -OCH3 is 1. The minimum atomic E-state index is -0.530. The van der Waals surface area contributed by atoms with Crippen LogP contribution in [0.3, 0.4) is 0 Å². The van der Waals surface area contributed by atoms with Crippen LogP contribution in [0.5, 0.6) is 0 Å². The summed E-state index contributed by atoms with van der Waals surface area (Å²) >= 11 is 0. The fourth-order valence-electron chi connectivity index (χ4n) is 2.51. The van der Waals surface area contributed by atoms with Gasteiger partial charge in [0.1, 0.15) is 11.9 Å². The molecule has 0 saturated heterocycles. The molecule has 1 aliphatic rings. The third kappa shape index (κ3) is 2.45. The molecule has 0 amide bonds. The van der Waals surface area contributed by atoms with E-state index in [1.807, 2.05) is 20.8 Å². The molecule has 1 unspecified atom stereocenters. The molecule has 0 bridgehead atoms. The highest BCUT2D eigenvalue weighted by Crippen LogP contribution is 2.24. The number of aromatic nitrogens is 2. The predicted octanol–water partition coefficient (Wildman–Crippen LogP) is 1.86. The minimum absolute atomic E-state index is 0.526. The molecule has 0 aromatic carbocycles. The highest BCUT2D eigenvalue weighted by atomic mass is 16.5. The van der Waals surface area contributed by atoms with Crippen molar-refractivity contribution in [3.8, 4) is 0 Å². The molecule has 0 aliphatic heterocycles. The summed E-state index contributed by atoms with van der Waals surface area (Å²) in [7, 11) is 1.64. The van der Waals surface area contributed by atoms with Gasteiger partial charge in [-0.15, -0.1) is 0 Å². The Balaban J connectivity index is 2.21. The fraction of sp³-hybridized carbons (Fsp3) is 0.786. The number of hydrogen-bond acceptors (Lipinski definition) is 3. The number of rotatable bonds is 4. The van der Waals surface area contributed by atoms with Crippen molar-refractivity contribution in [3.63, 3.8) is 0 Å². The zero-order chi connectivity index (χ0) is 13.3. The summed E-state index contributed by atoms with van der Waals surface area (Å²) in [5.74, 6) is 1.01. The first-order chi connectivity index (χ1) is 8.45. The first kappa shape index (κ1) is 13.6. The summed E-state index contributed by atoms with van der Waals surface area (Å²) in [6, 6.07) is 0. The smallest absolute Gasteiger partial charge is 0.106 e. The molecule has 0 spiro atoms. The Bertz CT molecular complexity index is 424. The predicted molar refractivity (Wildman–Crippen MR) is 70.7 cm³/mol. The van der Waals surface area contributed by atoms with E-state index in [-0.39, 0.29) is 0 Å². The van der Waals surface area contributed by atoms with Gasteiger partial charge in [0.15, 0.2) is 0 Å². The first-order valence-corrected chi connectivity index (χ1v) is 6.74. The van der Waals surface area contributed by atoms with Crippen molar-refractivity contribution in [2.75, 3.05) is 7.11 Å². The Morgan fingerprint density at radius 1 is 1.39 bits per heavy atom. The van der Waals surface area contributed by atoms with Gasteiger partial charge in [0, 0.05) is 12.8 Å². The van der Waals surface area contributed by atoms with Crippen molar-refractivity contribution in [2.24, 2.45) is 0 Å². The maximum absolute atomic E-state index is 10.3. The SMILES string of the molecule is COC(C)(C)C(O)Cn1c(C)nc2c1CCCC2. The number of ether oxygens (including phenoxy) is 1. The van der Waals surface area contributed by atoms with E-state index in [1.165, 1.54) is 24.2 Å². The number of aliphatic hydroxyl groups is 1. The molecular weight excluding hydrogens is 228 g/mol. The number of hydrogen-bond donors (Lipinski definition) is 1. The lowest BCUT2D eigenvalue weighted by atomic mass is 9.99. The van der Waals surface area contributed by atoms with E-state index in [4.69, 9.17) is 4.74 Å². The average Bonchev–Trinajstić information content (AvgIpc) is 2.66. The van der Waals surface area contributed by atoms with Crippen molar-refractivity contribution in [3.05, 3.63) is 17.2 Å². The highest BCUT2D eigenvalue weighted by Gasteiger charge is 2.29. The van der Waals surface area contributed by atoms with Crippen LogP contribution in [0.4, 0.5) is 0 Å². The van der Waals surface area contributed by atoms with Crippen LogP contribution in [0.25, 0.3) is 0 Å². The van der Waals surface area contributed by atoms with E-state index >= 15 is 0 Å². The number of fused-ring (bicyclic) bond motifs is 1. The lowest BCUT2D eigenvalue weighted by Crippen LogP contribution is -2.41. The van der Waals surface area contributed by atoms with Crippen LogP contribution in [-0.4, -0.2) is 33.5 Å². The summed E-state index contributed by atoms with van der Waals surface area (Å²) in [6.07, 6.45) is 4.09. The zero-order valence-corrected chi connectivity index (χ0v) is 11.9. The highest BCUT2D eigenvalue weighted by molar-refractivity contribution is 5.20. The van der Waals surface area contributed by atoms with Gasteiger partial charge in [-0.05, 0) is 46.5 Å². The van der Waals surface area contributed by atoms with Crippen molar-refractivity contribution < 1.29 is 9.84 Å². The van der Waals surface area contributed by atoms with Crippen LogP contribution < -0.4 is 0 Å². The van der Waals surface area contributed by atoms with E-state index in [0.717, 1.165) is 18.7 Å². The zero-order valence-electron chi connectivity index (χ0n) is 11.9. The third-order valence-corrected chi connectivity index (χ3v) is 4.11. The Kier molecular flexibility index (Phi) is 3.78. The molecule has 1 aliphatic carbocycles. The molecule has 0 radical (unpaired) electrons. The molecule has 1 atom stereocenters. The number of imidazole rings is 1. The molecule has 102 valence electrons. The maximum Gasteiger partial charge on any atom is 0.106 e. The van der Waals surface area contributed by atoms with Gasteiger partial charge in [-0.1, -0.05) is 0 Å². The van der Waals surface area contributed by atoms with Crippen LogP contribution in [0.15, 0.2) is 0 Å². The fourth-order valence-corrected chi connectivity index (χ4v) is 2.51. The van der Waals surface area contributed by atoms with Crippen LogP contribution >= 0.6 is 0 Å². The number of aryl methyl sites for hydroxylation is 2. The molecular formula is C14H24N2O2. The van der Waals surface area contributed by atoms with Crippen LogP contribution in [0.1, 0.15) is 43.9 Å². The Hall–Kier alpha value is -0.870. The van der Waals surface area contributed by atoms with E-state index in [9.17, 15) is 5.11 Å². The third-order valence-electron chi connectivity index (χ3n) is 4.11. The molecule has 2 rings (SSSR count). The Morgan fingerprint density at radius 2 is 2.06 bits per heavy atom. The second-order valence-corrected chi connectivity index (χ2v) is 5.69. The number of aliphatic hydroxyl groups excluding tert-OH is 1. The molecule has 1 aromatic rings. The van der Waals surface area contributed by atoms with Gasteiger partial charge in [-0.2, -0.15) is 0 Å². The summed E-state index contributed by atoms with van der Waals surface area (Å²) in [4.78, 5) is 4.62. The Labute approximate surface area is 109 Å². The number of nitrogens with zero attached hydrogens (tertiary/aromatic N) is 2. The molecule has 1 N–H and O–H groups in total. The molecule has 4 nitrogen and oxygen atoms in total. The summed E-state index contributed by atoms with van der Waals surface area (Å²) in [6.45, 7) is 6.41. The average molecular weight is 252 g/mol. The van der Waals surface area contributed by atoms with Gasteiger partial charge in [0.25, 0.3) is 0 Å². The van der Waals surface area contributed by atoms with Gasteiger partial charge < -0.3 is 14.4 Å². The lowest BCUT2D eigenvalue weighted by Gasteiger charge is -2.30. The van der Waals surface area contributed by atoms with Crippen molar-refractivity contribution >= 4 is 0 Å². The molecule has 18 heavy (non-hydrogen) atoms. The minimum Gasteiger partial charge on any atom is -0.388 e. The normalized spacial score (nSPS) is 17.6. The second-order valence-electron chi connectivity index (χ2n) is 5.69. The van der Waals surface area contributed by atoms with Crippen LogP contribution in [-0.2, 0) is 24.1 Å². The van der Waals surface area contributed by atoms with Gasteiger partial charge >= 0.3 is 0 Å². The quantitative estimate of drug-likeness (QED) is 0.889. The molecule has 4 heteroatoms. The molecule has 1 aromatic heterocycles. The first-order valence-electron chi connectivity index (χ1n) is 6.74. The molecule has 1 heterocycles. The monoisotopic (exact) mass is 252 g/mol. The maximum atomic E-state index is 10.3. The Morgan fingerprint density at radius 3 is 2.72 bits per heavy atom. The summed E-state index contributed by atoms with van der Waals surface area (Å²) in [5, 5.41) is 10.3. The van der Waals surface area contributed by atoms with Crippen molar-refractivity contribution in [2.45, 2.75) is 64.7 Å². The van der Waals surface area contributed by atoms with Crippen LogP contribution in [0, 0.1) is 6.92 Å². The lowest BCUT2D eigenvalue weighted by molar-refractivity contribution is -0.0836. The van der Waals surface area contributed by atoms with E-state index in [2.05, 4.69) is 9.55 Å².